The zero-order valence-corrected chi connectivity index (χ0v) is 24.4. The summed E-state index contributed by atoms with van der Waals surface area (Å²) in [6.45, 7) is 21.7. The lowest BCUT2D eigenvalue weighted by molar-refractivity contribution is 0.0177. The molecule has 0 spiro atoms. The van der Waals surface area contributed by atoms with Crippen LogP contribution in [-0.2, 0) is 16.0 Å². The molecule has 2 saturated heterocycles. The Hall–Kier alpha value is -2.32. The van der Waals surface area contributed by atoms with Crippen LogP contribution >= 0.6 is 0 Å². The van der Waals surface area contributed by atoms with E-state index in [1.54, 1.807) is 0 Å². The number of ether oxygens (including phenoxy) is 2. The molecule has 3 rings (SSSR count). The van der Waals surface area contributed by atoms with Crippen molar-refractivity contribution in [1.82, 2.24) is 20.0 Å². The van der Waals surface area contributed by atoms with Crippen molar-refractivity contribution in [3.8, 4) is 0 Å². The molecule has 0 radical (unpaired) electrons. The SMILES string of the molecule is C[C@@H]1CCN(Cc2ccccc2)CCN1C(=O)OC(C)(C)C.C[C@@H]1CCNCCN1C(=O)OC(C)(C)C.[HH]. The molecule has 1 N–H and O–H groups in total. The Morgan fingerprint density at radius 2 is 1.35 bits per heavy atom. The summed E-state index contributed by atoms with van der Waals surface area (Å²) in [6.07, 6.45) is 1.57. The number of benzene rings is 1. The molecule has 0 unspecified atom stereocenters. The van der Waals surface area contributed by atoms with Gasteiger partial charge in [-0.25, -0.2) is 9.59 Å². The lowest BCUT2D eigenvalue weighted by Crippen LogP contribution is -2.43. The molecule has 2 fully saturated rings. The van der Waals surface area contributed by atoms with Gasteiger partial charge in [0.25, 0.3) is 0 Å². The van der Waals surface area contributed by atoms with Gasteiger partial charge in [0.2, 0.25) is 0 Å². The Kier molecular flexibility index (Phi) is 11.7. The maximum atomic E-state index is 12.3. The van der Waals surface area contributed by atoms with Crippen molar-refractivity contribution in [2.24, 2.45) is 0 Å². The second-order valence-electron chi connectivity index (χ2n) is 12.1. The molecule has 2 amide bonds. The van der Waals surface area contributed by atoms with Gasteiger partial charge in [0, 0.05) is 52.8 Å². The molecular formula is C29H52N4O4. The summed E-state index contributed by atoms with van der Waals surface area (Å²) in [5.41, 5.74) is 0.476. The molecular weight excluding hydrogens is 468 g/mol. The van der Waals surface area contributed by atoms with Crippen molar-refractivity contribution in [3.63, 3.8) is 0 Å². The molecule has 1 aromatic rings. The maximum absolute atomic E-state index is 12.3. The zero-order chi connectivity index (χ0) is 27.6. The molecule has 212 valence electrons. The number of carbonyl (C=O) groups excluding carboxylic acids is 2. The van der Waals surface area contributed by atoms with Crippen LogP contribution in [0, 0.1) is 0 Å². The largest absolute Gasteiger partial charge is 0.444 e. The molecule has 8 nitrogen and oxygen atoms in total. The van der Waals surface area contributed by atoms with E-state index in [9.17, 15) is 9.59 Å². The molecule has 8 heteroatoms. The van der Waals surface area contributed by atoms with E-state index in [4.69, 9.17) is 9.47 Å². The third-order valence-corrected chi connectivity index (χ3v) is 6.36. The maximum Gasteiger partial charge on any atom is 0.410 e. The average Bonchev–Trinajstić information content (AvgIpc) is 3.10. The summed E-state index contributed by atoms with van der Waals surface area (Å²) in [4.78, 5) is 30.3. The number of carbonyl (C=O) groups is 2. The van der Waals surface area contributed by atoms with E-state index in [0.29, 0.717) is 0 Å². The van der Waals surface area contributed by atoms with E-state index in [2.05, 4.69) is 48.3 Å². The first-order valence-electron chi connectivity index (χ1n) is 13.7. The van der Waals surface area contributed by atoms with Gasteiger partial charge < -0.3 is 24.6 Å². The smallest absolute Gasteiger partial charge is 0.410 e. The van der Waals surface area contributed by atoms with E-state index in [1.807, 2.05) is 57.4 Å². The minimum Gasteiger partial charge on any atom is -0.444 e. The lowest BCUT2D eigenvalue weighted by Gasteiger charge is -2.30. The van der Waals surface area contributed by atoms with E-state index in [-0.39, 0.29) is 25.7 Å². The molecule has 1 aromatic carbocycles. The van der Waals surface area contributed by atoms with Crippen LogP contribution in [0.2, 0.25) is 0 Å². The number of hydrogen-bond donors (Lipinski definition) is 1. The zero-order valence-electron chi connectivity index (χ0n) is 24.4. The van der Waals surface area contributed by atoms with Gasteiger partial charge in [-0.3, -0.25) is 4.90 Å². The van der Waals surface area contributed by atoms with Crippen molar-refractivity contribution < 1.29 is 20.5 Å². The van der Waals surface area contributed by atoms with Crippen molar-refractivity contribution in [3.05, 3.63) is 35.9 Å². The van der Waals surface area contributed by atoms with Gasteiger partial charge >= 0.3 is 12.2 Å². The van der Waals surface area contributed by atoms with Crippen molar-refractivity contribution >= 4 is 12.2 Å². The Bertz CT molecular complexity index is 841. The monoisotopic (exact) mass is 520 g/mol. The van der Waals surface area contributed by atoms with Gasteiger partial charge in [0.15, 0.2) is 0 Å². The van der Waals surface area contributed by atoms with Crippen LogP contribution in [0.3, 0.4) is 0 Å². The summed E-state index contributed by atoms with van der Waals surface area (Å²) in [7, 11) is 0. The number of nitrogens with one attached hydrogen (secondary N) is 1. The predicted octanol–water partition coefficient (Wildman–Crippen LogP) is 5.37. The first-order chi connectivity index (χ1) is 17.2. The fraction of sp³-hybridized carbons (Fsp3) is 0.724. The standard InChI is InChI=1S/C18H28N2O2.C11H22N2O2.H2/c1-15-10-11-19(14-16-8-6-5-7-9-16)12-13-20(15)17(21)22-18(2,3)4;1-9-5-6-12-7-8-13(9)10(14)15-11(2,3)4;/h5-9,15H,10-14H2,1-4H3;9,12H,5-8H2,1-4H3;1H/t15-;9-;/m11./s1. The van der Waals surface area contributed by atoms with Crippen LogP contribution in [0.1, 0.15) is 75.2 Å². The van der Waals surface area contributed by atoms with E-state index in [1.165, 1.54) is 5.56 Å². The molecule has 0 bridgehead atoms. The van der Waals surface area contributed by atoms with Gasteiger partial charge in [-0.05, 0) is 80.3 Å². The van der Waals surface area contributed by atoms with E-state index < -0.39 is 11.2 Å². The molecule has 2 atom stereocenters. The number of nitrogens with zero attached hydrogens (tertiary/aromatic N) is 3. The summed E-state index contributed by atoms with van der Waals surface area (Å²) >= 11 is 0. The van der Waals surface area contributed by atoms with Crippen LogP contribution in [0.15, 0.2) is 30.3 Å². The Labute approximate surface area is 226 Å². The van der Waals surface area contributed by atoms with Crippen LogP contribution in [0.25, 0.3) is 0 Å². The molecule has 0 aliphatic carbocycles. The molecule has 37 heavy (non-hydrogen) atoms. The number of hydrogen-bond acceptors (Lipinski definition) is 6. The first kappa shape index (κ1) is 30.9. The number of amides is 2. The van der Waals surface area contributed by atoms with Crippen LogP contribution < -0.4 is 5.32 Å². The summed E-state index contributed by atoms with van der Waals surface area (Å²) in [6, 6.07) is 11.0. The first-order valence-corrected chi connectivity index (χ1v) is 13.7. The molecule has 2 aliphatic rings. The lowest BCUT2D eigenvalue weighted by atomic mass is 10.2. The summed E-state index contributed by atoms with van der Waals surface area (Å²) < 4.78 is 10.9. The summed E-state index contributed by atoms with van der Waals surface area (Å²) in [5, 5.41) is 3.28. The fourth-order valence-electron chi connectivity index (χ4n) is 4.30. The highest BCUT2D eigenvalue weighted by molar-refractivity contribution is 5.69. The predicted molar refractivity (Wildman–Crippen MR) is 151 cm³/mol. The third-order valence-electron chi connectivity index (χ3n) is 6.36. The van der Waals surface area contributed by atoms with Crippen molar-refractivity contribution in [2.75, 3.05) is 39.3 Å². The average molecular weight is 521 g/mol. The van der Waals surface area contributed by atoms with Crippen LogP contribution in [-0.4, -0.2) is 89.4 Å². The van der Waals surface area contributed by atoms with Crippen LogP contribution in [0.4, 0.5) is 9.59 Å². The second-order valence-corrected chi connectivity index (χ2v) is 12.1. The number of rotatable bonds is 2. The minimum atomic E-state index is -0.438. The van der Waals surface area contributed by atoms with Gasteiger partial charge in [-0.1, -0.05) is 30.3 Å². The molecule has 2 heterocycles. The molecule has 0 saturated carbocycles. The van der Waals surface area contributed by atoms with Gasteiger partial charge in [0.05, 0.1) is 0 Å². The van der Waals surface area contributed by atoms with Crippen molar-refractivity contribution in [2.45, 2.75) is 98.1 Å². The second kappa shape index (κ2) is 14.0. The molecule has 2 aliphatic heterocycles. The highest BCUT2D eigenvalue weighted by Crippen LogP contribution is 2.18. The Balaban J connectivity index is 0.000000397. The fourth-order valence-corrected chi connectivity index (χ4v) is 4.30. The van der Waals surface area contributed by atoms with E-state index >= 15 is 0 Å². The summed E-state index contributed by atoms with van der Waals surface area (Å²) in [5.74, 6) is 0. The highest BCUT2D eigenvalue weighted by Gasteiger charge is 2.29. The van der Waals surface area contributed by atoms with Crippen molar-refractivity contribution in [1.29, 1.82) is 0 Å². The molecule has 0 aromatic heterocycles. The normalized spacial score (nSPS) is 21.7. The highest BCUT2D eigenvalue weighted by atomic mass is 16.6. The Morgan fingerprint density at radius 3 is 1.92 bits per heavy atom. The van der Waals surface area contributed by atoms with Crippen LogP contribution in [0.5, 0.6) is 0 Å². The quantitative estimate of drug-likeness (QED) is 0.565. The Morgan fingerprint density at radius 1 is 0.811 bits per heavy atom. The van der Waals surface area contributed by atoms with E-state index in [0.717, 1.165) is 58.7 Å². The van der Waals surface area contributed by atoms with Gasteiger partial charge in [0.1, 0.15) is 11.2 Å². The minimum absolute atomic E-state index is 0. The van der Waals surface area contributed by atoms with Gasteiger partial charge in [-0.2, -0.15) is 0 Å². The van der Waals surface area contributed by atoms with Gasteiger partial charge in [-0.15, -0.1) is 0 Å². The topological polar surface area (TPSA) is 74.4 Å². The third kappa shape index (κ3) is 11.7.